The molecule has 1 aromatic heterocycles. The Morgan fingerprint density at radius 2 is 2.06 bits per heavy atom. The number of nitrogens with zero attached hydrogens (tertiary/aromatic N) is 3. The van der Waals surface area contributed by atoms with Crippen LogP contribution in [0.25, 0.3) is 0 Å². The van der Waals surface area contributed by atoms with Crippen LogP contribution in [0.2, 0.25) is 0 Å². The molecular formula is C7H7F4N3O3. The smallest absolute Gasteiger partial charge is 0.358 e. The van der Waals surface area contributed by atoms with Gasteiger partial charge >= 0.3 is 5.97 Å². The van der Waals surface area contributed by atoms with Gasteiger partial charge in [-0.15, -0.1) is 5.10 Å². The van der Waals surface area contributed by atoms with Gasteiger partial charge in [0.25, 0.3) is 12.3 Å². The van der Waals surface area contributed by atoms with E-state index in [0.29, 0.717) is 0 Å². The van der Waals surface area contributed by atoms with Crippen molar-refractivity contribution in [1.82, 2.24) is 15.0 Å². The quantitative estimate of drug-likeness (QED) is 0.751. The topological polar surface area (TPSA) is 88.2 Å². The maximum absolute atomic E-state index is 12.8. The van der Waals surface area contributed by atoms with E-state index in [9.17, 15) is 22.4 Å². The lowest BCUT2D eigenvalue weighted by atomic mass is 10.3. The first kappa shape index (κ1) is 13.4. The van der Waals surface area contributed by atoms with E-state index in [1.807, 2.05) is 0 Å². The molecule has 0 saturated heterocycles. The van der Waals surface area contributed by atoms with Gasteiger partial charge in [-0.05, 0) is 0 Å². The van der Waals surface area contributed by atoms with E-state index in [0.717, 1.165) is 0 Å². The Kier molecular flexibility index (Phi) is 3.66. The first-order chi connectivity index (χ1) is 7.78. The molecule has 0 bridgehead atoms. The zero-order valence-corrected chi connectivity index (χ0v) is 8.15. The van der Waals surface area contributed by atoms with Gasteiger partial charge in [0.15, 0.2) is 5.69 Å². The molecule has 0 aliphatic rings. The normalized spacial score (nSPS) is 12.1. The predicted molar refractivity (Wildman–Crippen MR) is 44.0 cm³/mol. The number of alkyl halides is 4. The highest BCUT2D eigenvalue weighted by Gasteiger charge is 2.34. The minimum Gasteiger partial charge on any atom is -0.476 e. The number of hydrogen-bond donors (Lipinski definition) is 2. The molecule has 1 aromatic rings. The van der Waals surface area contributed by atoms with E-state index in [1.165, 1.54) is 0 Å². The zero-order chi connectivity index (χ0) is 13.2. The Balaban J connectivity index is 3.13. The molecule has 0 aromatic carbocycles. The second-order valence-electron chi connectivity index (χ2n) is 3.10. The number of aromatic carboxylic acids is 1. The molecule has 10 heteroatoms. The molecule has 0 saturated carbocycles. The fraction of sp³-hybridized carbons (Fsp3) is 0.571. The number of aliphatic hydroxyl groups is 1. The average molecular weight is 257 g/mol. The summed E-state index contributed by atoms with van der Waals surface area (Å²) in [6.45, 7) is -2.94. The minimum absolute atomic E-state index is 0.0737. The van der Waals surface area contributed by atoms with Crippen LogP contribution < -0.4 is 0 Å². The summed E-state index contributed by atoms with van der Waals surface area (Å²) in [4.78, 5) is 10.5. The first-order valence-corrected chi connectivity index (χ1v) is 4.22. The van der Waals surface area contributed by atoms with E-state index in [-0.39, 0.29) is 4.68 Å². The van der Waals surface area contributed by atoms with Crippen molar-refractivity contribution in [2.75, 3.05) is 6.61 Å². The van der Waals surface area contributed by atoms with E-state index in [1.54, 1.807) is 0 Å². The summed E-state index contributed by atoms with van der Waals surface area (Å²) in [5.41, 5.74) is -2.31. The summed E-state index contributed by atoms with van der Waals surface area (Å²) in [6, 6.07) is 0. The highest BCUT2D eigenvalue weighted by atomic mass is 19.3. The summed E-state index contributed by atoms with van der Waals surface area (Å²) in [5, 5.41) is 22.6. The SMILES string of the molecule is O=C(O)c1nnn(CC(F)(F)CO)c1C(F)F. The van der Waals surface area contributed by atoms with Gasteiger partial charge < -0.3 is 10.2 Å². The van der Waals surface area contributed by atoms with Gasteiger partial charge in [0.2, 0.25) is 0 Å². The predicted octanol–water partition coefficient (Wildman–Crippen LogP) is 0.541. The van der Waals surface area contributed by atoms with Crippen LogP contribution in [0.4, 0.5) is 17.6 Å². The second kappa shape index (κ2) is 4.65. The van der Waals surface area contributed by atoms with E-state index in [2.05, 4.69) is 10.3 Å². The standard InChI is InChI=1S/C7H7F4N3O3/c8-5(9)4-3(6(16)17)12-13-14(4)1-7(10,11)2-15/h5,15H,1-2H2,(H,16,17). The fourth-order valence-electron chi connectivity index (χ4n) is 1.07. The minimum atomic E-state index is -3.69. The van der Waals surface area contributed by atoms with E-state index in [4.69, 9.17) is 10.2 Å². The van der Waals surface area contributed by atoms with Gasteiger partial charge in [0.05, 0.1) is 0 Å². The molecule has 0 amide bonds. The van der Waals surface area contributed by atoms with E-state index >= 15 is 0 Å². The third kappa shape index (κ3) is 2.90. The maximum atomic E-state index is 12.8. The van der Waals surface area contributed by atoms with Crippen molar-refractivity contribution in [3.8, 4) is 0 Å². The molecule has 96 valence electrons. The van der Waals surface area contributed by atoms with Crippen LogP contribution in [0.15, 0.2) is 0 Å². The number of rotatable bonds is 5. The van der Waals surface area contributed by atoms with Crippen LogP contribution in [0.5, 0.6) is 0 Å². The molecule has 0 atom stereocenters. The molecule has 0 fully saturated rings. The molecule has 1 heterocycles. The molecule has 1 rings (SSSR count). The number of carboxylic acid groups (broad SMARTS) is 1. The second-order valence-corrected chi connectivity index (χ2v) is 3.10. The van der Waals surface area contributed by atoms with E-state index < -0.39 is 42.9 Å². The molecule has 17 heavy (non-hydrogen) atoms. The Labute approximate surface area is 91.5 Å². The van der Waals surface area contributed by atoms with Crippen LogP contribution in [-0.2, 0) is 6.54 Å². The Morgan fingerprint density at radius 3 is 2.47 bits per heavy atom. The molecular weight excluding hydrogens is 250 g/mol. The molecule has 0 spiro atoms. The van der Waals surface area contributed by atoms with Crippen molar-refractivity contribution in [3.05, 3.63) is 11.4 Å². The number of carboxylic acids is 1. The van der Waals surface area contributed by atoms with Crippen LogP contribution in [0, 0.1) is 0 Å². The van der Waals surface area contributed by atoms with Crippen molar-refractivity contribution >= 4 is 5.97 Å². The summed E-state index contributed by atoms with van der Waals surface area (Å²) in [7, 11) is 0. The molecule has 2 N–H and O–H groups in total. The third-order valence-corrected chi connectivity index (χ3v) is 1.80. The van der Waals surface area contributed by atoms with Gasteiger partial charge in [-0.1, -0.05) is 5.21 Å². The summed E-state index contributed by atoms with van der Waals surface area (Å²) in [5.74, 6) is -5.48. The monoisotopic (exact) mass is 257 g/mol. The molecule has 0 radical (unpaired) electrons. The largest absolute Gasteiger partial charge is 0.476 e. The van der Waals surface area contributed by atoms with Crippen LogP contribution in [0.1, 0.15) is 22.6 Å². The highest BCUT2D eigenvalue weighted by Crippen LogP contribution is 2.24. The molecule has 6 nitrogen and oxygen atoms in total. The van der Waals surface area contributed by atoms with Crippen LogP contribution in [-0.4, -0.2) is 43.7 Å². The Hall–Kier alpha value is -1.71. The summed E-state index contributed by atoms with van der Waals surface area (Å²) < 4.78 is 50.6. The maximum Gasteiger partial charge on any atom is 0.358 e. The Morgan fingerprint density at radius 1 is 1.47 bits per heavy atom. The van der Waals surface area contributed by atoms with Gasteiger partial charge in [0, 0.05) is 0 Å². The lowest BCUT2D eigenvalue weighted by Gasteiger charge is -2.14. The number of aromatic nitrogens is 3. The van der Waals surface area contributed by atoms with Crippen molar-refractivity contribution in [2.24, 2.45) is 0 Å². The third-order valence-electron chi connectivity index (χ3n) is 1.80. The van der Waals surface area contributed by atoms with Crippen molar-refractivity contribution < 1.29 is 32.6 Å². The lowest BCUT2D eigenvalue weighted by Crippen LogP contribution is -2.29. The zero-order valence-electron chi connectivity index (χ0n) is 8.15. The van der Waals surface area contributed by atoms with Gasteiger partial charge in [-0.3, -0.25) is 0 Å². The van der Waals surface area contributed by atoms with Gasteiger partial charge in [-0.2, -0.15) is 0 Å². The number of hydrogen-bond acceptors (Lipinski definition) is 4. The van der Waals surface area contributed by atoms with Crippen molar-refractivity contribution in [3.63, 3.8) is 0 Å². The number of carbonyl (C=O) groups is 1. The highest BCUT2D eigenvalue weighted by molar-refractivity contribution is 5.86. The summed E-state index contributed by atoms with van der Waals surface area (Å²) in [6.07, 6.45) is -3.31. The average Bonchev–Trinajstić information content (AvgIpc) is 2.60. The molecule has 0 aliphatic carbocycles. The van der Waals surface area contributed by atoms with Crippen molar-refractivity contribution in [1.29, 1.82) is 0 Å². The molecule has 0 aliphatic heterocycles. The fourth-order valence-corrected chi connectivity index (χ4v) is 1.07. The number of aliphatic hydroxyl groups excluding tert-OH is 1. The number of halogens is 4. The van der Waals surface area contributed by atoms with Gasteiger partial charge in [0.1, 0.15) is 18.8 Å². The van der Waals surface area contributed by atoms with Crippen molar-refractivity contribution in [2.45, 2.75) is 18.9 Å². The lowest BCUT2D eigenvalue weighted by molar-refractivity contribution is -0.0673. The summed E-state index contributed by atoms with van der Waals surface area (Å²) >= 11 is 0. The molecule has 0 unspecified atom stereocenters. The first-order valence-electron chi connectivity index (χ1n) is 4.22. The van der Waals surface area contributed by atoms with Crippen LogP contribution in [0.3, 0.4) is 0 Å². The Bertz CT molecular complexity index is 420. The van der Waals surface area contributed by atoms with Gasteiger partial charge in [-0.25, -0.2) is 27.0 Å². The van der Waals surface area contributed by atoms with Crippen LogP contribution >= 0.6 is 0 Å².